The third-order valence-corrected chi connectivity index (χ3v) is 4.14. The number of hydrogen-bond acceptors (Lipinski definition) is 2. The molecule has 0 aliphatic rings. The summed E-state index contributed by atoms with van der Waals surface area (Å²) in [4.78, 5) is 12.7. The predicted molar refractivity (Wildman–Crippen MR) is 92.7 cm³/mol. The van der Waals surface area contributed by atoms with Crippen LogP contribution in [-0.2, 0) is 0 Å². The van der Waals surface area contributed by atoms with E-state index in [4.69, 9.17) is 4.74 Å². The number of carbonyl (C=O) groups is 1. The molecule has 1 N–H and O–H groups in total. The van der Waals surface area contributed by atoms with Crippen LogP contribution in [0.4, 0.5) is 8.78 Å². The number of rotatable bonds is 4. The molecule has 1 unspecified atom stereocenters. The second kappa shape index (κ2) is 6.89. The smallest absolute Gasteiger partial charge is 0.252 e. The Kier molecular flexibility index (Phi) is 4.65. The lowest BCUT2D eigenvalue weighted by atomic mass is 10.0. The van der Waals surface area contributed by atoms with E-state index in [0.29, 0.717) is 16.9 Å². The predicted octanol–water partition coefficient (Wildman–Crippen LogP) is 4.62. The summed E-state index contributed by atoms with van der Waals surface area (Å²) in [7, 11) is 1.58. The molecular formula is C20H17F2NO2. The SMILES string of the molecule is COc1ccc(C(=O)NC(C)c2ccc(F)c(F)c2)c2ccccc12. The zero-order chi connectivity index (χ0) is 18.0. The normalized spacial score (nSPS) is 12.0. The van der Waals surface area contributed by atoms with Crippen molar-refractivity contribution in [1.29, 1.82) is 0 Å². The average molecular weight is 341 g/mol. The van der Waals surface area contributed by atoms with Gasteiger partial charge < -0.3 is 10.1 Å². The van der Waals surface area contributed by atoms with Gasteiger partial charge in [-0.3, -0.25) is 4.79 Å². The molecule has 3 aromatic carbocycles. The fourth-order valence-electron chi connectivity index (χ4n) is 2.79. The summed E-state index contributed by atoms with van der Waals surface area (Å²) in [5, 5.41) is 4.41. The van der Waals surface area contributed by atoms with Gasteiger partial charge in [0.2, 0.25) is 0 Å². The molecule has 3 rings (SSSR count). The number of methoxy groups -OCH3 is 1. The van der Waals surface area contributed by atoms with Crippen molar-refractivity contribution in [2.45, 2.75) is 13.0 Å². The van der Waals surface area contributed by atoms with Crippen LogP contribution >= 0.6 is 0 Å². The van der Waals surface area contributed by atoms with Crippen LogP contribution in [0.25, 0.3) is 10.8 Å². The summed E-state index contributed by atoms with van der Waals surface area (Å²) in [5.41, 5.74) is 0.982. The van der Waals surface area contributed by atoms with E-state index < -0.39 is 17.7 Å². The van der Waals surface area contributed by atoms with E-state index in [1.54, 1.807) is 26.2 Å². The first kappa shape index (κ1) is 16.9. The van der Waals surface area contributed by atoms with Gasteiger partial charge in [0, 0.05) is 10.9 Å². The molecule has 1 atom stereocenters. The van der Waals surface area contributed by atoms with Crippen LogP contribution < -0.4 is 10.1 Å². The van der Waals surface area contributed by atoms with Crippen molar-refractivity contribution >= 4 is 16.7 Å². The number of fused-ring (bicyclic) bond motifs is 1. The lowest BCUT2D eigenvalue weighted by molar-refractivity contribution is 0.0941. The quantitative estimate of drug-likeness (QED) is 0.752. The highest BCUT2D eigenvalue weighted by Gasteiger charge is 2.16. The van der Waals surface area contributed by atoms with Crippen LogP contribution in [0.5, 0.6) is 5.75 Å². The lowest BCUT2D eigenvalue weighted by Crippen LogP contribution is -2.27. The van der Waals surface area contributed by atoms with Crippen molar-refractivity contribution in [3.8, 4) is 5.75 Å². The van der Waals surface area contributed by atoms with Gasteiger partial charge in [0.05, 0.1) is 13.2 Å². The van der Waals surface area contributed by atoms with E-state index in [0.717, 1.165) is 22.9 Å². The summed E-state index contributed by atoms with van der Waals surface area (Å²) in [6.07, 6.45) is 0. The molecule has 3 nitrogen and oxygen atoms in total. The zero-order valence-corrected chi connectivity index (χ0v) is 13.8. The molecule has 25 heavy (non-hydrogen) atoms. The van der Waals surface area contributed by atoms with Crippen molar-refractivity contribution in [3.63, 3.8) is 0 Å². The molecule has 0 saturated heterocycles. The van der Waals surface area contributed by atoms with Crippen LogP contribution in [-0.4, -0.2) is 13.0 Å². The summed E-state index contributed by atoms with van der Waals surface area (Å²) in [6.45, 7) is 1.72. The Morgan fingerprint density at radius 3 is 2.40 bits per heavy atom. The molecule has 0 radical (unpaired) electrons. The largest absolute Gasteiger partial charge is 0.496 e. The number of amides is 1. The maximum atomic E-state index is 13.4. The molecule has 3 aromatic rings. The van der Waals surface area contributed by atoms with Gasteiger partial charge in [0.25, 0.3) is 5.91 Å². The number of nitrogens with one attached hydrogen (secondary N) is 1. The fourth-order valence-corrected chi connectivity index (χ4v) is 2.79. The minimum Gasteiger partial charge on any atom is -0.496 e. The first-order valence-electron chi connectivity index (χ1n) is 7.83. The monoisotopic (exact) mass is 341 g/mol. The molecule has 1 amide bonds. The van der Waals surface area contributed by atoms with Crippen molar-refractivity contribution < 1.29 is 18.3 Å². The van der Waals surface area contributed by atoms with Crippen LogP contribution in [0.15, 0.2) is 54.6 Å². The van der Waals surface area contributed by atoms with E-state index >= 15 is 0 Å². The first-order valence-corrected chi connectivity index (χ1v) is 7.83. The Hall–Kier alpha value is -2.95. The second-order valence-electron chi connectivity index (χ2n) is 5.73. The lowest BCUT2D eigenvalue weighted by Gasteiger charge is -2.16. The maximum absolute atomic E-state index is 13.4. The van der Waals surface area contributed by atoms with Crippen molar-refractivity contribution in [2.75, 3.05) is 7.11 Å². The fraction of sp³-hybridized carbons (Fsp3) is 0.150. The summed E-state index contributed by atoms with van der Waals surface area (Å²) < 4.78 is 31.8. The Morgan fingerprint density at radius 1 is 1.00 bits per heavy atom. The molecule has 0 bridgehead atoms. The van der Waals surface area contributed by atoms with Crippen LogP contribution in [0.2, 0.25) is 0 Å². The topological polar surface area (TPSA) is 38.3 Å². The Balaban J connectivity index is 1.91. The maximum Gasteiger partial charge on any atom is 0.252 e. The van der Waals surface area contributed by atoms with E-state index in [1.165, 1.54) is 6.07 Å². The van der Waals surface area contributed by atoms with Gasteiger partial charge in [-0.15, -0.1) is 0 Å². The van der Waals surface area contributed by atoms with E-state index in [9.17, 15) is 13.6 Å². The Bertz CT molecular complexity index is 940. The van der Waals surface area contributed by atoms with E-state index in [-0.39, 0.29) is 5.91 Å². The Labute approximate surface area is 144 Å². The number of benzene rings is 3. The third kappa shape index (κ3) is 3.31. The summed E-state index contributed by atoms with van der Waals surface area (Å²) >= 11 is 0. The van der Waals surface area contributed by atoms with Gasteiger partial charge in [0.15, 0.2) is 11.6 Å². The molecule has 0 saturated carbocycles. The standard InChI is InChI=1S/C20H17F2NO2/c1-12(13-7-9-17(21)18(22)11-13)23-20(24)16-8-10-19(25-2)15-6-4-3-5-14(15)16/h3-12H,1-2H3,(H,23,24). The Morgan fingerprint density at radius 2 is 1.72 bits per heavy atom. The van der Waals surface area contributed by atoms with Gasteiger partial charge in [-0.1, -0.05) is 30.3 Å². The van der Waals surface area contributed by atoms with E-state index in [2.05, 4.69) is 5.32 Å². The second-order valence-corrected chi connectivity index (χ2v) is 5.73. The molecule has 5 heteroatoms. The van der Waals surface area contributed by atoms with Crippen LogP contribution in [0.3, 0.4) is 0 Å². The van der Waals surface area contributed by atoms with Gasteiger partial charge in [0.1, 0.15) is 5.75 Å². The van der Waals surface area contributed by atoms with Gasteiger partial charge >= 0.3 is 0 Å². The highest BCUT2D eigenvalue weighted by molar-refractivity contribution is 6.08. The van der Waals surface area contributed by atoms with Gasteiger partial charge in [-0.2, -0.15) is 0 Å². The average Bonchev–Trinajstić information content (AvgIpc) is 2.62. The van der Waals surface area contributed by atoms with Crippen molar-refractivity contribution in [2.24, 2.45) is 0 Å². The number of ether oxygens (including phenoxy) is 1. The molecule has 0 aliphatic carbocycles. The molecule has 0 heterocycles. The van der Waals surface area contributed by atoms with E-state index in [1.807, 2.05) is 24.3 Å². The molecule has 0 spiro atoms. The van der Waals surface area contributed by atoms with Gasteiger partial charge in [-0.25, -0.2) is 8.78 Å². The minimum absolute atomic E-state index is 0.295. The number of carbonyl (C=O) groups excluding carboxylic acids is 1. The van der Waals surface area contributed by atoms with Crippen molar-refractivity contribution in [3.05, 3.63) is 77.4 Å². The van der Waals surface area contributed by atoms with Crippen molar-refractivity contribution in [1.82, 2.24) is 5.32 Å². The van der Waals surface area contributed by atoms with Crippen LogP contribution in [0.1, 0.15) is 28.9 Å². The number of halogens is 2. The molecule has 128 valence electrons. The third-order valence-electron chi connectivity index (χ3n) is 4.14. The first-order chi connectivity index (χ1) is 12.0. The highest BCUT2D eigenvalue weighted by atomic mass is 19.2. The molecular weight excluding hydrogens is 324 g/mol. The van der Waals surface area contributed by atoms with Gasteiger partial charge in [-0.05, 0) is 42.1 Å². The zero-order valence-electron chi connectivity index (χ0n) is 13.8. The molecule has 0 aliphatic heterocycles. The highest BCUT2D eigenvalue weighted by Crippen LogP contribution is 2.28. The molecule has 0 fully saturated rings. The minimum atomic E-state index is -0.937. The number of hydrogen-bond donors (Lipinski definition) is 1. The summed E-state index contributed by atoms with van der Waals surface area (Å²) in [5.74, 6) is -1.46. The summed E-state index contributed by atoms with van der Waals surface area (Å²) in [6, 6.07) is 14.0. The molecule has 0 aromatic heterocycles. The van der Waals surface area contributed by atoms with Crippen LogP contribution in [0, 0.1) is 11.6 Å².